The molecular weight excluding hydrogens is 316 g/mol. The van der Waals surface area contributed by atoms with Gasteiger partial charge in [-0.25, -0.2) is 13.1 Å². The Balaban J connectivity index is 1.96. The molecule has 2 N–H and O–H groups in total. The van der Waals surface area contributed by atoms with Gasteiger partial charge in [0.05, 0.1) is 6.10 Å². The molecule has 1 amide bonds. The Labute approximate surface area is 127 Å². The van der Waals surface area contributed by atoms with Gasteiger partial charge in [0, 0.05) is 19.1 Å². The molecule has 1 fully saturated rings. The summed E-state index contributed by atoms with van der Waals surface area (Å²) in [5, 5.41) is 9.97. The van der Waals surface area contributed by atoms with Crippen molar-refractivity contribution in [3.8, 4) is 0 Å². The molecule has 0 aromatic carbocycles. The van der Waals surface area contributed by atoms with Crippen LogP contribution < -0.4 is 10.0 Å². The number of nitrogens with one attached hydrogen (secondary N) is 2. The number of aromatic nitrogens is 2. The summed E-state index contributed by atoms with van der Waals surface area (Å²) >= 11 is 0.823. The summed E-state index contributed by atoms with van der Waals surface area (Å²) in [6.07, 6.45) is 1.69. The highest BCUT2D eigenvalue weighted by atomic mass is 32.2. The van der Waals surface area contributed by atoms with Gasteiger partial charge in [0.2, 0.25) is 15.4 Å². The first-order chi connectivity index (χ1) is 9.88. The lowest BCUT2D eigenvalue weighted by Crippen LogP contribution is -2.31. The first-order valence-corrected chi connectivity index (χ1v) is 8.94. The molecule has 0 radical (unpaired) electrons. The van der Waals surface area contributed by atoms with Crippen LogP contribution in [0, 0.1) is 5.92 Å². The second-order valence-electron chi connectivity index (χ2n) is 5.00. The Kier molecular flexibility index (Phi) is 5.25. The van der Waals surface area contributed by atoms with E-state index in [1.54, 1.807) is 13.8 Å². The van der Waals surface area contributed by atoms with Crippen LogP contribution >= 0.6 is 11.3 Å². The minimum Gasteiger partial charge on any atom is -0.377 e. The average molecular weight is 334 g/mol. The van der Waals surface area contributed by atoms with Gasteiger partial charge in [-0.3, -0.25) is 4.79 Å². The highest BCUT2D eigenvalue weighted by molar-refractivity contribution is 7.91. The van der Waals surface area contributed by atoms with E-state index in [4.69, 9.17) is 4.74 Å². The van der Waals surface area contributed by atoms with Crippen LogP contribution in [0.2, 0.25) is 0 Å². The highest BCUT2D eigenvalue weighted by Crippen LogP contribution is 2.20. The quantitative estimate of drug-likeness (QED) is 0.737. The van der Waals surface area contributed by atoms with Crippen molar-refractivity contribution in [1.82, 2.24) is 14.9 Å². The van der Waals surface area contributed by atoms with Gasteiger partial charge in [0.25, 0.3) is 10.0 Å². The van der Waals surface area contributed by atoms with Gasteiger partial charge < -0.3 is 10.1 Å². The molecule has 10 heteroatoms. The van der Waals surface area contributed by atoms with E-state index in [0.717, 1.165) is 24.2 Å². The third-order valence-electron chi connectivity index (χ3n) is 2.92. The number of rotatable bonds is 6. The summed E-state index contributed by atoms with van der Waals surface area (Å²) in [5.74, 6) is -0.450. The molecule has 0 saturated carbocycles. The molecule has 1 atom stereocenters. The van der Waals surface area contributed by atoms with Gasteiger partial charge >= 0.3 is 0 Å². The van der Waals surface area contributed by atoms with Crippen molar-refractivity contribution in [2.24, 2.45) is 5.92 Å². The maximum atomic E-state index is 12.1. The fraction of sp³-hybridized carbons (Fsp3) is 0.727. The number of sulfonamides is 1. The van der Waals surface area contributed by atoms with Gasteiger partial charge in [-0.05, 0) is 12.8 Å². The van der Waals surface area contributed by atoms with Crippen LogP contribution in [0.15, 0.2) is 4.34 Å². The Morgan fingerprint density at radius 2 is 2.24 bits per heavy atom. The Hall–Kier alpha value is -1.10. The topological polar surface area (TPSA) is 110 Å². The largest absolute Gasteiger partial charge is 0.377 e. The number of carbonyl (C=O) groups is 1. The molecule has 2 rings (SSSR count). The number of nitrogens with zero attached hydrogens (tertiary/aromatic N) is 2. The van der Waals surface area contributed by atoms with Gasteiger partial charge in [0.15, 0.2) is 0 Å². The number of ether oxygens (including phenoxy) is 1. The van der Waals surface area contributed by atoms with Crippen molar-refractivity contribution < 1.29 is 17.9 Å². The molecule has 1 aromatic heterocycles. The standard InChI is InChI=1S/C11H18N4O4S2/c1-7(2)9(16)13-10-14-15-11(20-10)21(17,18)12-6-8-4-3-5-19-8/h7-8,12H,3-6H2,1-2H3,(H,13,14,16). The second-order valence-corrected chi connectivity index (χ2v) is 7.92. The van der Waals surface area contributed by atoms with Crippen molar-refractivity contribution in [3.63, 3.8) is 0 Å². The van der Waals surface area contributed by atoms with Crippen LogP contribution in [0.3, 0.4) is 0 Å². The molecule has 1 aliphatic heterocycles. The van der Waals surface area contributed by atoms with Crippen LogP contribution in [0.5, 0.6) is 0 Å². The fourth-order valence-corrected chi connectivity index (χ4v) is 3.70. The normalized spacial score (nSPS) is 19.1. The van der Waals surface area contributed by atoms with Gasteiger partial charge in [-0.1, -0.05) is 25.2 Å². The van der Waals surface area contributed by atoms with Gasteiger partial charge in [-0.2, -0.15) is 0 Å². The van der Waals surface area contributed by atoms with E-state index < -0.39 is 10.0 Å². The number of hydrogen-bond acceptors (Lipinski definition) is 7. The minimum atomic E-state index is -3.72. The summed E-state index contributed by atoms with van der Waals surface area (Å²) < 4.78 is 31.7. The van der Waals surface area contributed by atoms with E-state index in [0.29, 0.717) is 6.61 Å². The summed E-state index contributed by atoms with van der Waals surface area (Å²) in [7, 11) is -3.72. The molecule has 1 saturated heterocycles. The number of hydrogen-bond donors (Lipinski definition) is 2. The number of anilines is 1. The third-order valence-corrected chi connectivity index (χ3v) is 5.55. The van der Waals surface area contributed by atoms with Gasteiger partial charge in [0.1, 0.15) is 0 Å². The SMILES string of the molecule is CC(C)C(=O)Nc1nnc(S(=O)(=O)NCC2CCCO2)s1. The van der Waals surface area contributed by atoms with Crippen molar-refractivity contribution in [2.75, 3.05) is 18.5 Å². The molecule has 21 heavy (non-hydrogen) atoms. The first-order valence-electron chi connectivity index (χ1n) is 6.64. The lowest BCUT2D eigenvalue weighted by atomic mass is 10.2. The highest BCUT2D eigenvalue weighted by Gasteiger charge is 2.24. The molecule has 0 spiro atoms. The molecule has 1 aromatic rings. The summed E-state index contributed by atoms with van der Waals surface area (Å²) in [6.45, 7) is 4.35. The molecule has 1 unspecified atom stereocenters. The lowest BCUT2D eigenvalue weighted by molar-refractivity contribution is -0.118. The zero-order valence-electron chi connectivity index (χ0n) is 11.8. The van der Waals surface area contributed by atoms with Crippen molar-refractivity contribution in [1.29, 1.82) is 0 Å². The van der Waals surface area contributed by atoms with Crippen molar-refractivity contribution >= 4 is 32.4 Å². The van der Waals surface area contributed by atoms with E-state index in [9.17, 15) is 13.2 Å². The minimum absolute atomic E-state index is 0.0900. The smallest absolute Gasteiger partial charge is 0.269 e. The predicted octanol–water partition coefficient (Wildman–Crippen LogP) is 0.590. The van der Waals surface area contributed by atoms with E-state index >= 15 is 0 Å². The molecular formula is C11H18N4O4S2. The van der Waals surface area contributed by atoms with E-state index in [1.165, 1.54) is 0 Å². The molecule has 8 nitrogen and oxygen atoms in total. The van der Waals surface area contributed by atoms with E-state index in [2.05, 4.69) is 20.2 Å². The molecule has 118 valence electrons. The predicted molar refractivity (Wildman–Crippen MR) is 77.5 cm³/mol. The zero-order chi connectivity index (χ0) is 15.5. The monoisotopic (exact) mass is 334 g/mol. The average Bonchev–Trinajstić information content (AvgIpc) is 3.07. The molecule has 1 aliphatic rings. The summed E-state index contributed by atoms with van der Waals surface area (Å²) in [6, 6.07) is 0. The fourth-order valence-electron chi connectivity index (χ4n) is 1.69. The summed E-state index contributed by atoms with van der Waals surface area (Å²) in [5.41, 5.74) is 0. The molecule has 2 heterocycles. The van der Waals surface area contributed by atoms with Gasteiger partial charge in [-0.15, -0.1) is 10.2 Å². The maximum absolute atomic E-state index is 12.1. The van der Waals surface area contributed by atoms with Crippen LogP contribution in [0.1, 0.15) is 26.7 Å². The maximum Gasteiger partial charge on any atom is 0.269 e. The van der Waals surface area contributed by atoms with Crippen LogP contribution in [0.4, 0.5) is 5.13 Å². The number of carbonyl (C=O) groups excluding carboxylic acids is 1. The van der Waals surface area contributed by atoms with E-state index in [1.807, 2.05) is 0 Å². The zero-order valence-corrected chi connectivity index (χ0v) is 13.5. The molecule has 0 bridgehead atoms. The summed E-state index contributed by atoms with van der Waals surface area (Å²) in [4.78, 5) is 11.5. The Morgan fingerprint density at radius 3 is 2.86 bits per heavy atom. The third kappa shape index (κ3) is 4.43. The lowest BCUT2D eigenvalue weighted by Gasteiger charge is -2.09. The Bertz CT molecular complexity index is 593. The number of amides is 1. The Morgan fingerprint density at radius 1 is 1.48 bits per heavy atom. The van der Waals surface area contributed by atoms with Crippen molar-refractivity contribution in [2.45, 2.75) is 37.1 Å². The van der Waals surface area contributed by atoms with Crippen LogP contribution in [-0.2, 0) is 19.6 Å². The van der Waals surface area contributed by atoms with E-state index in [-0.39, 0.29) is 33.9 Å². The van der Waals surface area contributed by atoms with Crippen molar-refractivity contribution in [3.05, 3.63) is 0 Å². The second kappa shape index (κ2) is 6.77. The first kappa shape index (κ1) is 16.3. The van der Waals surface area contributed by atoms with Crippen LogP contribution in [0.25, 0.3) is 0 Å². The molecule has 0 aliphatic carbocycles. The van der Waals surface area contributed by atoms with Crippen LogP contribution in [-0.4, -0.2) is 43.8 Å².